The molecule has 4 rings (SSSR count). The number of nitrogens with one attached hydrogen (secondary N) is 1. The topological polar surface area (TPSA) is 63.4 Å². The van der Waals surface area contributed by atoms with Gasteiger partial charge in [-0.3, -0.25) is 4.90 Å². The largest absolute Gasteiger partial charge is 0.478 e. The van der Waals surface area contributed by atoms with Crippen molar-refractivity contribution >= 4 is 17.0 Å². The lowest BCUT2D eigenvalue weighted by Gasteiger charge is -2.32. The summed E-state index contributed by atoms with van der Waals surface area (Å²) in [6.07, 6.45) is 3.58. The van der Waals surface area contributed by atoms with Crippen LogP contribution in [0.1, 0.15) is 18.4 Å². The van der Waals surface area contributed by atoms with E-state index in [1.807, 2.05) is 12.1 Å². The van der Waals surface area contributed by atoms with Crippen LogP contribution in [0.2, 0.25) is 0 Å². The summed E-state index contributed by atoms with van der Waals surface area (Å²) in [6, 6.07) is 8.84. The normalized spacial score (nSPS) is 16.1. The molecule has 1 aliphatic heterocycles. The molecule has 1 aliphatic rings. The first-order valence-electron chi connectivity index (χ1n) is 8.74. The van der Waals surface area contributed by atoms with E-state index in [1.54, 1.807) is 19.4 Å². The molecule has 1 saturated heterocycles. The SMILES string of the molecule is COc1nc(NC2CCN(Cc3ccc(F)cc3)CC2)nc2ccoc12. The Labute approximate surface area is 151 Å². The van der Waals surface area contributed by atoms with Gasteiger partial charge in [0.1, 0.15) is 11.3 Å². The number of rotatable bonds is 5. The fourth-order valence-electron chi connectivity index (χ4n) is 3.31. The van der Waals surface area contributed by atoms with E-state index in [9.17, 15) is 4.39 Å². The van der Waals surface area contributed by atoms with Crippen LogP contribution in [0.25, 0.3) is 11.1 Å². The van der Waals surface area contributed by atoms with E-state index in [2.05, 4.69) is 20.2 Å². The molecule has 1 N–H and O–H groups in total. The lowest BCUT2D eigenvalue weighted by molar-refractivity contribution is 0.211. The zero-order chi connectivity index (χ0) is 17.9. The Kier molecular flexibility index (Phi) is 4.71. The fourth-order valence-corrected chi connectivity index (χ4v) is 3.31. The molecule has 0 unspecified atom stereocenters. The van der Waals surface area contributed by atoms with Crippen LogP contribution in [-0.2, 0) is 6.54 Å². The van der Waals surface area contributed by atoms with Gasteiger partial charge in [-0.05, 0) is 30.5 Å². The van der Waals surface area contributed by atoms with Gasteiger partial charge in [-0.1, -0.05) is 12.1 Å². The maximum absolute atomic E-state index is 13.0. The number of furan rings is 1. The summed E-state index contributed by atoms with van der Waals surface area (Å²) >= 11 is 0. The molecule has 0 atom stereocenters. The Hall–Kier alpha value is -2.67. The molecule has 26 heavy (non-hydrogen) atoms. The van der Waals surface area contributed by atoms with Crippen molar-refractivity contribution in [2.45, 2.75) is 25.4 Å². The third-order valence-corrected chi connectivity index (χ3v) is 4.71. The minimum absolute atomic E-state index is 0.193. The van der Waals surface area contributed by atoms with Crippen LogP contribution in [-0.4, -0.2) is 41.1 Å². The molecule has 0 amide bonds. The second kappa shape index (κ2) is 7.29. The van der Waals surface area contributed by atoms with Crippen LogP contribution in [0.4, 0.5) is 10.3 Å². The summed E-state index contributed by atoms with van der Waals surface area (Å²) in [5, 5.41) is 3.41. The zero-order valence-corrected chi connectivity index (χ0v) is 14.6. The van der Waals surface area contributed by atoms with Crippen LogP contribution in [0.3, 0.4) is 0 Å². The highest BCUT2D eigenvalue weighted by molar-refractivity contribution is 5.78. The number of aromatic nitrogens is 2. The number of halogens is 1. The summed E-state index contributed by atoms with van der Waals surface area (Å²) in [7, 11) is 1.57. The molecular formula is C19H21FN4O2. The summed E-state index contributed by atoms with van der Waals surface area (Å²) in [5.41, 5.74) is 2.43. The van der Waals surface area contributed by atoms with Crippen LogP contribution in [0.15, 0.2) is 41.0 Å². The molecule has 136 valence electrons. The Morgan fingerprint density at radius 1 is 1.19 bits per heavy atom. The second-order valence-electron chi connectivity index (χ2n) is 6.51. The molecule has 6 nitrogen and oxygen atoms in total. The number of hydrogen-bond donors (Lipinski definition) is 1. The quantitative estimate of drug-likeness (QED) is 0.755. The third-order valence-electron chi connectivity index (χ3n) is 4.71. The molecule has 1 fully saturated rings. The number of piperidine rings is 1. The number of benzene rings is 1. The fraction of sp³-hybridized carbons (Fsp3) is 0.368. The number of anilines is 1. The van der Waals surface area contributed by atoms with Crippen molar-refractivity contribution in [3.63, 3.8) is 0 Å². The van der Waals surface area contributed by atoms with E-state index >= 15 is 0 Å². The summed E-state index contributed by atoms with van der Waals surface area (Å²) in [5.74, 6) is 0.811. The van der Waals surface area contributed by atoms with Gasteiger partial charge < -0.3 is 14.5 Å². The van der Waals surface area contributed by atoms with Gasteiger partial charge in [0.2, 0.25) is 11.5 Å². The van der Waals surface area contributed by atoms with Gasteiger partial charge in [-0.25, -0.2) is 9.37 Å². The van der Waals surface area contributed by atoms with Gasteiger partial charge >= 0.3 is 0 Å². The Morgan fingerprint density at radius 3 is 2.69 bits per heavy atom. The lowest BCUT2D eigenvalue weighted by atomic mass is 10.0. The average Bonchev–Trinajstić information content (AvgIpc) is 3.13. The predicted octanol–water partition coefficient (Wildman–Crippen LogP) is 3.45. The van der Waals surface area contributed by atoms with Crippen molar-refractivity contribution in [1.82, 2.24) is 14.9 Å². The summed E-state index contributed by atoms with van der Waals surface area (Å²) < 4.78 is 23.6. The molecule has 0 spiro atoms. The Morgan fingerprint density at radius 2 is 1.96 bits per heavy atom. The highest BCUT2D eigenvalue weighted by Crippen LogP contribution is 2.25. The third kappa shape index (κ3) is 3.62. The number of nitrogens with zero attached hydrogens (tertiary/aromatic N) is 3. The monoisotopic (exact) mass is 356 g/mol. The highest BCUT2D eigenvalue weighted by Gasteiger charge is 2.21. The predicted molar refractivity (Wildman–Crippen MR) is 96.7 cm³/mol. The van der Waals surface area contributed by atoms with Crippen LogP contribution in [0, 0.1) is 5.82 Å². The van der Waals surface area contributed by atoms with Gasteiger partial charge in [-0.2, -0.15) is 4.98 Å². The van der Waals surface area contributed by atoms with Crippen LogP contribution < -0.4 is 10.1 Å². The van der Waals surface area contributed by atoms with E-state index in [1.165, 1.54) is 12.1 Å². The van der Waals surface area contributed by atoms with Crippen molar-refractivity contribution in [3.05, 3.63) is 48.0 Å². The lowest BCUT2D eigenvalue weighted by Crippen LogP contribution is -2.39. The van der Waals surface area contributed by atoms with Crippen molar-refractivity contribution in [2.24, 2.45) is 0 Å². The molecule has 0 saturated carbocycles. The molecule has 7 heteroatoms. The Bertz CT molecular complexity index is 873. The minimum Gasteiger partial charge on any atom is -0.478 e. The molecule has 0 aliphatic carbocycles. The van der Waals surface area contributed by atoms with E-state index in [0.29, 0.717) is 23.5 Å². The maximum atomic E-state index is 13.0. The zero-order valence-electron chi connectivity index (χ0n) is 14.6. The number of methoxy groups -OCH3 is 1. The number of likely N-dealkylation sites (tertiary alicyclic amines) is 1. The van der Waals surface area contributed by atoms with Gasteiger partial charge in [-0.15, -0.1) is 0 Å². The number of fused-ring (bicyclic) bond motifs is 1. The van der Waals surface area contributed by atoms with E-state index in [-0.39, 0.29) is 5.82 Å². The molecule has 3 heterocycles. The van der Waals surface area contributed by atoms with Gasteiger partial charge in [0, 0.05) is 31.7 Å². The molecule has 0 radical (unpaired) electrons. The smallest absolute Gasteiger partial charge is 0.263 e. The molecule has 1 aromatic carbocycles. The van der Waals surface area contributed by atoms with Gasteiger partial charge in [0.15, 0.2) is 0 Å². The van der Waals surface area contributed by atoms with Crippen molar-refractivity contribution in [1.29, 1.82) is 0 Å². The number of ether oxygens (including phenoxy) is 1. The molecular weight excluding hydrogens is 335 g/mol. The highest BCUT2D eigenvalue weighted by atomic mass is 19.1. The maximum Gasteiger partial charge on any atom is 0.263 e. The van der Waals surface area contributed by atoms with E-state index in [0.717, 1.165) is 43.6 Å². The second-order valence-corrected chi connectivity index (χ2v) is 6.51. The van der Waals surface area contributed by atoms with E-state index in [4.69, 9.17) is 9.15 Å². The first kappa shape index (κ1) is 16.8. The first-order chi connectivity index (χ1) is 12.7. The first-order valence-corrected chi connectivity index (χ1v) is 8.74. The van der Waals surface area contributed by atoms with Crippen molar-refractivity contribution in [3.8, 4) is 5.88 Å². The Balaban J connectivity index is 1.35. The number of hydrogen-bond acceptors (Lipinski definition) is 6. The minimum atomic E-state index is -0.193. The van der Waals surface area contributed by atoms with Gasteiger partial charge in [0.25, 0.3) is 5.88 Å². The van der Waals surface area contributed by atoms with Crippen molar-refractivity contribution < 1.29 is 13.5 Å². The van der Waals surface area contributed by atoms with Crippen LogP contribution >= 0.6 is 0 Å². The van der Waals surface area contributed by atoms with Crippen molar-refractivity contribution in [2.75, 3.05) is 25.5 Å². The average molecular weight is 356 g/mol. The standard InChI is InChI=1S/C19H21FN4O2/c1-25-18-17-16(8-11-26-17)22-19(23-18)21-15-6-9-24(10-7-15)12-13-2-4-14(20)5-3-13/h2-5,8,11,15H,6-7,9-10,12H2,1H3,(H,21,22,23). The van der Waals surface area contributed by atoms with Gasteiger partial charge in [0.05, 0.1) is 13.4 Å². The molecule has 2 aromatic heterocycles. The van der Waals surface area contributed by atoms with Crippen LogP contribution in [0.5, 0.6) is 5.88 Å². The van der Waals surface area contributed by atoms with E-state index < -0.39 is 0 Å². The summed E-state index contributed by atoms with van der Waals surface area (Å²) in [6.45, 7) is 2.79. The molecule has 3 aromatic rings. The summed E-state index contributed by atoms with van der Waals surface area (Å²) in [4.78, 5) is 11.3. The molecule has 0 bridgehead atoms.